The Morgan fingerprint density at radius 2 is 2.11 bits per heavy atom. The van der Waals surface area contributed by atoms with Crippen LogP contribution < -0.4 is 14.9 Å². The minimum Gasteiger partial charge on any atom is -0.493 e. The average Bonchev–Trinajstić information content (AvgIpc) is 2.62. The van der Waals surface area contributed by atoms with E-state index in [2.05, 4.69) is 10.5 Å². The van der Waals surface area contributed by atoms with Crippen LogP contribution in [0.25, 0.3) is 0 Å². The number of carbonyl (C=O) groups is 1. The first-order valence-electron chi connectivity index (χ1n) is 7.93. The largest absolute Gasteiger partial charge is 0.493 e. The number of rotatable bonds is 6. The number of ether oxygens (including phenoxy) is 2. The van der Waals surface area contributed by atoms with E-state index in [0.29, 0.717) is 22.1 Å². The topological polar surface area (TPSA) is 83.7 Å². The van der Waals surface area contributed by atoms with E-state index in [-0.39, 0.29) is 17.2 Å². The summed E-state index contributed by atoms with van der Waals surface area (Å²) in [6.07, 6.45) is 1.25. The molecule has 0 bridgehead atoms. The number of hydrogen-bond donors (Lipinski definition) is 1. The fourth-order valence-electron chi connectivity index (χ4n) is 2.16. The molecule has 27 heavy (non-hydrogen) atoms. The van der Waals surface area contributed by atoms with Crippen LogP contribution in [0, 0.1) is 17.1 Å². The molecule has 0 aliphatic rings. The fraction of sp³-hybridized carbons (Fsp3) is 0.211. The summed E-state index contributed by atoms with van der Waals surface area (Å²) in [7, 11) is 1.48. The number of carbonyl (C=O) groups excluding carboxylic acids is 1. The first-order valence-corrected chi connectivity index (χ1v) is 8.30. The Bertz CT molecular complexity index is 923. The van der Waals surface area contributed by atoms with Gasteiger partial charge in [0.25, 0.3) is 5.91 Å². The Balaban J connectivity index is 2.15. The molecule has 0 unspecified atom stereocenters. The third-order valence-electron chi connectivity index (χ3n) is 3.33. The molecule has 8 heteroatoms. The normalized spacial score (nSPS) is 10.7. The van der Waals surface area contributed by atoms with Crippen molar-refractivity contribution in [1.29, 1.82) is 5.26 Å². The van der Waals surface area contributed by atoms with Crippen LogP contribution >= 0.6 is 11.6 Å². The van der Waals surface area contributed by atoms with E-state index in [4.69, 9.17) is 26.3 Å². The summed E-state index contributed by atoms with van der Waals surface area (Å²) >= 11 is 6.21. The van der Waals surface area contributed by atoms with Crippen molar-refractivity contribution < 1.29 is 18.7 Å². The fourth-order valence-corrected chi connectivity index (χ4v) is 2.42. The van der Waals surface area contributed by atoms with E-state index in [1.54, 1.807) is 18.2 Å². The molecule has 6 nitrogen and oxygen atoms in total. The summed E-state index contributed by atoms with van der Waals surface area (Å²) in [5, 5.41) is 12.8. The third-order valence-corrected chi connectivity index (χ3v) is 3.61. The summed E-state index contributed by atoms with van der Waals surface area (Å²) in [5.41, 5.74) is 2.67. The van der Waals surface area contributed by atoms with Crippen molar-refractivity contribution in [2.75, 3.05) is 7.11 Å². The Labute approximate surface area is 161 Å². The highest BCUT2D eigenvalue weighted by atomic mass is 35.5. The maximum absolute atomic E-state index is 13.8. The molecule has 1 N–H and O–H groups in total. The number of nitrogens with zero attached hydrogens (tertiary/aromatic N) is 2. The number of nitriles is 1. The van der Waals surface area contributed by atoms with Gasteiger partial charge in [0.1, 0.15) is 5.82 Å². The zero-order valence-corrected chi connectivity index (χ0v) is 15.7. The van der Waals surface area contributed by atoms with E-state index in [0.717, 1.165) is 6.07 Å². The smallest absolute Gasteiger partial charge is 0.274 e. The minimum absolute atomic E-state index is 0.0856. The van der Waals surface area contributed by atoms with E-state index in [1.165, 1.54) is 25.5 Å². The van der Waals surface area contributed by atoms with E-state index in [1.807, 2.05) is 13.8 Å². The molecule has 1 amide bonds. The molecule has 2 rings (SSSR count). The predicted molar refractivity (Wildman–Crippen MR) is 99.9 cm³/mol. The molecule has 0 aliphatic carbocycles. The Morgan fingerprint density at radius 1 is 1.37 bits per heavy atom. The van der Waals surface area contributed by atoms with Gasteiger partial charge in [-0.05, 0) is 49.7 Å². The number of methoxy groups -OCH3 is 1. The van der Waals surface area contributed by atoms with Crippen molar-refractivity contribution in [2.45, 2.75) is 20.0 Å². The van der Waals surface area contributed by atoms with Crippen LogP contribution in [0.4, 0.5) is 4.39 Å². The van der Waals surface area contributed by atoms with Crippen LogP contribution in [0.3, 0.4) is 0 Å². The zero-order chi connectivity index (χ0) is 20.0. The molecule has 0 fully saturated rings. The zero-order valence-electron chi connectivity index (χ0n) is 14.9. The molecule has 140 valence electrons. The quantitative estimate of drug-likeness (QED) is 0.599. The molecule has 0 heterocycles. The summed E-state index contributed by atoms with van der Waals surface area (Å²) in [6, 6.07) is 8.58. The van der Waals surface area contributed by atoms with Crippen LogP contribution in [0.1, 0.15) is 35.3 Å². The lowest BCUT2D eigenvalue weighted by Gasteiger charge is -2.15. The first kappa shape index (κ1) is 20.2. The van der Waals surface area contributed by atoms with Crippen molar-refractivity contribution >= 4 is 23.7 Å². The maximum atomic E-state index is 13.8. The Kier molecular flexibility index (Phi) is 6.74. The van der Waals surface area contributed by atoms with Gasteiger partial charge in [0.15, 0.2) is 11.5 Å². The number of amides is 1. The third kappa shape index (κ3) is 5.19. The second-order valence-corrected chi connectivity index (χ2v) is 6.11. The molecular formula is C19H17ClFN3O3. The SMILES string of the molecule is COc1cc(/C=N\NC(=O)c2ccc(C#N)cc2F)cc(Cl)c1OC(C)C. The van der Waals surface area contributed by atoms with Crippen LogP contribution in [0.15, 0.2) is 35.4 Å². The molecule has 0 aromatic heterocycles. The minimum atomic E-state index is -0.804. The number of nitrogens with one attached hydrogen (secondary N) is 1. The summed E-state index contributed by atoms with van der Waals surface area (Å²) in [6.45, 7) is 3.73. The maximum Gasteiger partial charge on any atom is 0.274 e. The van der Waals surface area contributed by atoms with Gasteiger partial charge in [0.05, 0.1) is 41.6 Å². The second kappa shape index (κ2) is 9.01. The van der Waals surface area contributed by atoms with Gasteiger partial charge in [-0.15, -0.1) is 0 Å². The second-order valence-electron chi connectivity index (χ2n) is 5.71. The predicted octanol–water partition coefficient (Wildman–Crippen LogP) is 3.91. The lowest BCUT2D eigenvalue weighted by atomic mass is 10.1. The molecule has 2 aromatic carbocycles. The molecular weight excluding hydrogens is 373 g/mol. The Hall–Kier alpha value is -3.11. The van der Waals surface area contributed by atoms with Crippen molar-refractivity contribution in [3.63, 3.8) is 0 Å². The summed E-state index contributed by atoms with van der Waals surface area (Å²) < 4.78 is 24.7. The van der Waals surface area contributed by atoms with Crippen LogP contribution in [-0.2, 0) is 0 Å². The van der Waals surface area contributed by atoms with Gasteiger partial charge in [-0.1, -0.05) is 11.6 Å². The molecule has 0 radical (unpaired) electrons. The highest BCUT2D eigenvalue weighted by Crippen LogP contribution is 2.36. The van der Waals surface area contributed by atoms with Crippen LogP contribution in [0.5, 0.6) is 11.5 Å². The lowest BCUT2D eigenvalue weighted by Crippen LogP contribution is -2.19. The van der Waals surface area contributed by atoms with E-state index >= 15 is 0 Å². The molecule has 0 atom stereocenters. The van der Waals surface area contributed by atoms with Crippen LogP contribution in [0.2, 0.25) is 5.02 Å². The number of benzene rings is 2. The van der Waals surface area contributed by atoms with Gasteiger partial charge in [-0.25, -0.2) is 9.82 Å². The number of hydrogen-bond acceptors (Lipinski definition) is 5. The standard InChI is InChI=1S/C19H17ClFN3O3/c1-11(2)27-18-15(20)6-13(8-17(18)26-3)10-23-24-19(25)14-5-4-12(9-22)7-16(14)21/h4-8,10-11H,1-3H3,(H,24,25)/b23-10-. The van der Waals surface area contributed by atoms with Gasteiger partial charge in [0.2, 0.25) is 0 Å². The number of hydrazone groups is 1. The molecule has 0 spiro atoms. The van der Waals surface area contributed by atoms with Gasteiger partial charge < -0.3 is 9.47 Å². The number of halogens is 2. The van der Waals surface area contributed by atoms with Gasteiger partial charge in [-0.3, -0.25) is 4.79 Å². The Morgan fingerprint density at radius 3 is 2.70 bits per heavy atom. The average molecular weight is 390 g/mol. The first-order chi connectivity index (χ1) is 12.8. The van der Waals surface area contributed by atoms with Crippen molar-refractivity contribution in [3.8, 4) is 17.6 Å². The van der Waals surface area contributed by atoms with Crippen molar-refractivity contribution in [2.24, 2.45) is 5.10 Å². The molecule has 0 saturated carbocycles. The van der Waals surface area contributed by atoms with E-state index in [9.17, 15) is 9.18 Å². The van der Waals surface area contributed by atoms with Gasteiger partial charge in [0, 0.05) is 0 Å². The lowest BCUT2D eigenvalue weighted by molar-refractivity contribution is 0.0951. The summed E-state index contributed by atoms with van der Waals surface area (Å²) in [4.78, 5) is 12.0. The highest BCUT2D eigenvalue weighted by molar-refractivity contribution is 6.32. The van der Waals surface area contributed by atoms with Crippen molar-refractivity contribution in [3.05, 3.63) is 57.9 Å². The molecule has 2 aromatic rings. The monoisotopic (exact) mass is 389 g/mol. The molecule has 0 aliphatic heterocycles. The van der Waals surface area contributed by atoms with Crippen molar-refractivity contribution in [1.82, 2.24) is 5.43 Å². The highest BCUT2D eigenvalue weighted by Gasteiger charge is 2.14. The van der Waals surface area contributed by atoms with Crippen LogP contribution in [-0.4, -0.2) is 25.3 Å². The molecule has 0 saturated heterocycles. The van der Waals surface area contributed by atoms with E-state index < -0.39 is 11.7 Å². The van der Waals surface area contributed by atoms with Gasteiger partial charge in [-0.2, -0.15) is 10.4 Å². The summed E-state index contributed by atoms with van der Waals surface area (Å²) in [5.74, 6) is -0.718. The van der Waals surface area contributed by atoms with Gasteiger partial charge >= 0.3 is 0 Å².